The summed E-state index contributed by atoms with van der Waals surface area (Å²) in [6.45, 7) is 5.68. The molecule has 4 rings (SSSR count). The molecule has 2 aromatic carbocycles. The molecule has 0 fully saturated rings. The number of para-hydroxylation sites is 1. The standard InChI is InChI=1S/C29H31N3O5S/c1-5-6-13-26-31-28(33)27(29(34)32(26)20(3)24-10-7-8-12-25(24)37-4)38(35,36)22-16-14-21(15-17-22)23-11-9-18-30-19(23)2/h7-12,14-18,20,34H,5-6,13H2,1-4H3/t20-/m0/s1. The maximum Gasteiger partial charge on any atom is 0.296 e. The first kappa shape index (κ1) is 27.1. The van der Waals surface area contributed by atoms with Gasteiger partial charge in [0.2, 0.25) is 15.7 Å². The number of ether oxygens (including phenoxy) is 1. The van der Waals surface area contributed by atoms with Gasteiger partial charge in [0.15, 0.2) is 4.90 Å². The number of hydrogen-bond acceptors (Lipinski definition) is 7. The number of aryl methyl sites for hydroxylation is 2. The van der Waals surface area contributed by atoms with Gasteiger partial charge in [0.1, 0.15) is 11.6 Å². The van der Waals surface area contributed by atoms with E-state index < -0.39 is 32.2 Å². The molecule has 0 radical (unpaired) electrons. The molecular formula is C29H31N3O5S. The van der Waals surface area contributed by atoms with Crippen molar-refractivity contribution in [2.24, 2.45) is 0 Å². The van der Waals surface area contributed by atoms with Gasteiger partial charge in [0, 0.05) is 29.4 Å². The number of aromatic hydroxyl groups is 1. The van der Waals surface area contributed by atoms with Gasteiger partial charge in [-0.1, -0.05) is 49.7 Å². The van der Waals surface area contributed by atoms with E-state index in [9.17, 15) is 18.3 Å². The van der Waals surface area contributed by atoms with Crippen molar-refractivity contribution in [3.8, 4) is 22.8 Å². The van der Waals surface area contributed by atoms with Crippen molar-refractivity contribution in [2.75, 3.05) is 7.11 Å². The van der Waals surface area contributed by atoms with E-state index in [1.54, 1.807) is 38.4 Å². The predicted molar refractivity (Wildman–Crippen MR) is 145 cm³/mol. The second kappa shape index (κ2) is 11.2. The van der Waals surface area contributed by atoms with Gasteiger partial charge in [0.05, 0.1) is 18.0 Å². The second-order valence-electron chi connectivity index (χ2n) is 9.04. The van der Waals surface area contributed by atoms with E-state index in [1.165, 1.54) is 16.7 Å². The monoisotopic (exact) mass is 533 g/mol. The van der Waals surface area contributed by atoms with Crippen molar-refractivity contribution in [3.63, 3.8) is 0 Å². The van der Waals surface area contributed by atoms with E-state index in [0.717, 1.165) is 23.2 Å². The Balaban J connectivity index is 1.86. The fourth-order valence-electron chi connectivity index (χ4n) is 4.57. The molecule has 0 saturated carbocycles. The predicted octanol–water partition coefficient (Wildman–Crippen LogP) is 5.11. The fourth-order valence-corrected chi connectivity index (χ4v) is 5.92. The molecule has 0 amide bonds. The first-order valence-corrected chi connectivity index (χ1v) is 13.9. The van der Waals surface area contributed by atoms with Crippen LogP contribution in [0.5, 0.6) is 11.6 Å². The Labute approximate surface area is 222 Å². The van der Waals surface area contributed by atoms with E-state index in [-0.39, 0.29) is 4.90 Å². The molecule has 0 spiro atoms. The highest BCUT2D eigenvalue weighted by Crippen LogP contribution is 2.35. The summed E-state index contributed by atoms with van der Waals surface area (Å²) in [5.74, 6) is 0.251. The van der Waals surface area contributed by atoms with Crippen molar-refractivity contribution < 1.29 is 18.3 Å². The minimum atomic E-state index is -4.39. The number of pyridine rings is 1. The number of benzene rings is 2. The molecule has 4 aromatic rings. The Morgan fingerprint density at radius 1 is 1.05 bits per heavy atom. The highest BCUT2D eigenvalue weighted by Gasteiger charge is 2.31. The van der Waals surface area contributed by atoms with Crippen LogP contribution in [0, 0.1) is 6.92 Å². The molecule has 2 heterocycles. The Bertz CT molecular complexity index is 1610. The Kier molecular flexibility index (Phi) is 7.97. The minimum Gasteiger partial charge on any atom is -0.496 e. The van der Waals surface area contributed by atoms with Gasteiger partial charge in [-0.15, -0.1) is 0 Å². The van der Waals surface area contributed by atoms with Crippen molar-refractivity contribution in [3.05, 3.63) is 94.3 Å². The molecule has 0 aliphatic rings. The number of hydrogen-bond donors (Lipinski definition) is 1. The zero-order valence-electron chi connectivity index (χ0n) is 21.9. The van der Waals surface area contributed by atoms with Crippen LogP contribution >= 0.6 is 0 Å². The lowest BCUT2D eigenvalue weighted by atomic mass is 10.1. The quantitative estimate of drug-likeness (QED) is 0.318. The van der Waals surface area contributed by atoms with Crippen LogP contribution in [0.1, 0.15) is 49.8 Å². The molecule has 1 atom stereocenters. The lowest BCUT2D eigenvalue weighted by Crippen LogP contribution is -2.27. The third kappa shape index (κ3) is 5.06. The second-order valence-corrected chi connectivity index (χ2v) is 10.9. The summed E-state index contributed by atoms with van der Waals surface area (Å²) in [7, 11) is -2.85. The van der Waals surface area contributed by atoms with E-state index in [4.69, 9.17) is 4.74 Å². The van der Waals surface area contributed by atoms with Crippen LogP contribution in [-0.2, 0) is 16.3 Å². The van der Waals surface area contributed by atoms with Crippen LogP contribution in [0.15, 0.2) is 81.4 Å². The van der Waals surface area contributed by atoms with Crippen molar-refractivity contribution in [2.45, 2.75) is 55.9 Å². The third-order valence-corrected chi connectivity index (χ3v) is 8.40. The van der Waals surface area contributed by atoms with Crippen molar-refractivity contribution in [1.29, 1.82) is 0 Å². The Hall–Kier alpha value is -3.98. The van der Waals surface area contributed by atoms with Crippen LogP contribution in [0.4, 0.5) is 0 Å². The van der Waals surface area contributed by atoms with Gasteiger partial charge in [0.25, 0.3) is 5.56 Å². The van der Waals surface area contributed by atoms with Crippen molar-refractivity contribution in [1.82, 2.24) is 14.5 Å². The summed E-state index contributed by atoms with van der Waals surface area (Å²) in [6, 6.07) is 16.6. The van der Waals surface area contributed by atoms with Crippen LogP contribution in [-0.4, -0.2) is 35.2 Å². The smallest absolute Gasteiger partial charge is 0.296 e. The van der Waals surface area contributed by atoms with E-state index in [2.05, 4.69) is 9.97 Å². The summed E-state index contributed by atoms with van der Waals surface area (Å²) in [6.07, 6.45) is 3.64. The first-order valence-electron chi connectivity index (χ1n) is 12.4. The van der Waals surface area contributed by atoms with Crippen LogP contribution in [0.25, 0.3) is 11.1 Å². The topological polar surface area (TPSA) is 111 Å². The lowest BCUT2D eigenvalue weighted by Gasteiger charge is -2.24. The summed E-state index contributed by atoms with van der Waals surface area (Å²) in [5, 5.41) is 11.4. The summed E-state index contributed by atoms with van der Waals surface area (Å²) >= 11 is 0. The summed E-state index contributed by atoms with van der Waals surface area (Å²) in [4.78, 5) is 20.7. The minimum absolute atomic E-state index is 0.116. The zero-order chi connectivity index (χ0) is 27.4. The zero-order valence-corrected chi connectivity index (χ0v) is 22.7. The van der Waals surface area contributed by atoms with E-state index >= 15 is 0 Å². The number of aromatic nitrogens is 3. The van der Waals surface area contributed by atoms with Gasteiger partial charge >= 0.3 is 0 Å². The number of sulfone groups is 1. The average Bonchev–Trinajstić information content (AvgIpc) is 2.91. The molecular weight excluding hydrogens is 502 g/mol. The fraction of sp³-hybridized carbons (Fsp3) is 0.276. The Morgan fingerprint density at radius 2 is 1.76 bits per heavy atom. The van der Waals surface area contributed by atoms with Gasteiger partial charge in [-0.25, -0.2) is 8.42 Å². The molecule has 0 aliphatic carbocycles. The molecule has 0 bridgehead atoms. The summed E-state index contributed by atoms with van der Waals surface area (Å²) in [5.41, 5.74) is 2.20. The summed E-state index contributed by atoms with van der Waals surface area (Å²) < 4.78 is 34.3. The lowest BCUT2D eigenvalue weighted by molar-refractivity contribution is 0.360. The number of rotatable bonds is 9. The molecule has 1 N–H and O–H groups in total. The molecule has 38 heavy (non-hydrogen) atoms. The molecule has 0 unspecified atom stereocenters. The first-order chi connectivity index (χ1) is 18.2. The Morgan fingerprint density at radius 3 is 2.42 bits per heavy atom. The SMILES string of the molecule is CCCCc1nc(=O)c(S(=O)(=O)c2ccc(-c3cccnc3C)cc2)c(O)n1[C@@H](C)c1ccccc1OC. The largest absolute Gasteiger partial charge is 0.496 e. The number of unbranched alkanes of at least 4 members (excludes halogenated alkanes) is 1. The van der Waals surface area contributed by atoms with Gasteiger partial charge in [-0.3, -0.25) is 14.3 Å². The number of nitrogens with zero attached hydrogens (tertiary/aromatic N) is 3. The average molecular weight is 534 g/mol. The maximum absolute atomic E-state index is 13.7. The maximum atomic E-state index is 13.7. The van der Waals surface area contributed by atoms with Gasteiger partial charge in [-0.05, 0) is 50.1 Å². The van der Waals surface area contributed by atoms with Crippen LogP contribution in [0.3, 0.4) is 0 Å². The molecule has 8 nitrogen and oxygen atoms in total. The van der Waals surface area contributed by atoms with E-state index in [1.807, 2.05) is 44.2 Å². The molecule has 2 aromatic heterocycles. The van der Waals surface area contributed by atoms with Gasteiger partial charge in [-0.2, -0.15) is 4.98 Å². The normalized spacial score (nSPS) is 12.3. The van der Waals surface area contributed by atoms with Crippen LogP contribution in [0.2, 0.25) is 0 Å². The molecule has 198 valence electrons. The molecule has 9 heteroatoms. The molecule has 0 aliphatic heterocycles. The van der Waals surface area contributed by atoms with Gasteiger partial charge < -0.3 is 9.84 Å². The molecule has 0 saturated heterocycles. The number of methoxy groups -OCH3 is 1. The van der Waals surface area contributed by atoms with Crippen LogP contribution < -0.4 is 10.3 Å². The highest BCUT2D eigenvalue weighted by molar-refractivity contribution is 7.91. The van der Waals surface area contributed by atoms with E-state index in [0.29, 0.717) is 30.0 Å². The highest BCUT2D eigenvalue weighted by atomic mass is 32.2. The van der Waals surface area contributed by atoms with Crippen molar-refractivity contribution >= 4 is 9.84 Å². The third-order valence-electron chi connectivity index (χ3n) is 6.62.